The molecule has 3 heteroatoms. The van der Waals surface area contributed by atoms with E-state index in [1.54, 1.807) is 0 Å². The molecular weight excluding hydrogens is 276 g/mol. The van der Waals surface area contributed by atoms with Crippen LogP contribution >= 0.6 is 0 Å². The fourth-order valence-corrected chi connectivity index (χ4v) is 2.33. The average Bonchev–Trinajstić information content (AvgIpc) is 2.55. The molecule has 22 heavy (non-hydrogen) atoms. The van der Waals surface area contributed by atoms with Crippen LogP contribution < -0.4 is 0 Å². The number of unbranched alkanes of at least 4 members (excludes halogenated alkanes) is 6. The van der Waals surface area contributed by atoms with E-state index in [1.165, 1.54) is 38.2 Å². The van der Waals surface area contributed by atoms with Crippen molar-refractivity contribution in [1.29, 1.82) is 0 Å². The summed E-state index contributed by atoms with van der Waals surface area (Å²) in [5.41, 5.74) is 1.21. The minimum Gasteiger partial charge on any atom is -0.462 e. The molecule has 1 N–H and O–H groups in total. The van der Waals surface area contributed by atoms with Crippen LogP contribution in [0, 0.1) is 0 Å². The van der Waals surface area contributed by atoms with E-state index in [2.05, 4.69) is 6.92 Å². The molecule has 0 saturated carbocycles. The molecular formula is C19H28O3. The predicted octanol–water partition coefficient (Wildman–Crippen LogP) is 4.36. The van der Waals surface area contributed by atoms with Crippen LogP contribution in [0.3, 0.4) is 0 Å². The molecule has 3 nitrogen and oxygen atoms in total. The van der Waals surface area contributed by atoms with Crippen molar-refractivity contribution >= 4 is 11.5 Å². The number of carbonyl (C=O) groups is 1. The standard InChI is InChI=1S/C19H28O3/c1-2-3-4-5-6-7-11-16-22-19(21)18(14-15-20)17-12-9-8-10-13-17/h8-10,12-14,20H,2-7,11,15-16H2,1H3. The molecule has 0 fully saturated rings. The summed E-state index contributed by atoms with van der Waals surface area (Å²) in [6.45, 7) is 2.49. The number of aliphatic hydroxyl groups is 1. The van der Waals surface area contributed by atoms with Gasteiger partial charge < -0.3 is 9.84 Å². The molecule has 0 spiro atoms. The Kier molecular flexibility index (Phi) is 10.0. The summed E-state index contributed by atoms with van der Waals surface area (Å²) in [5, 5.41) is 9.08. The highest BCUT2D eigenvalue weighted by atomic mass is 16.5. The Morgan fingerprint density at radius 2 is 1.68 bits per heavy atom. The van der Waals surface area contributed by atoms with Gasteiger partial charge in [-0.3, -0.25) is 0 Å². The second-order valence-corrected chi connectivity index (χ2v) is 5.42. The maximum atomic E-state index is 12.1. The van der Waals surface area contributed by atoms with E-state index in [9.17, 15) is 4.79 Å². The first-order valence-electron chi connectivity index (χ1n) is 8.33. The van der Waals surface area contributed by atoms with E-state index in [0.717, 1.165) is 18.4 Å². The molecule has 0 amide bonds. The monoisotopic (exact) mass is 304 g/mol. The molecule has 0 aliphatic carbocycles. The topological polar surface area (TPSA) is 46.5 Å². The van der Waals surface area contributed by atoms with Gasteiger partial charge in [-0.2, -0.15) is 0 Å². The molecule has 1 rings (SSSR count). The van der Waals surface area contributed by atoms with Gasteiger partial charge in [0.2, 0.25) is 0 Å². The number of esters is 1. The summed E-state index contributed by atoms with van der Waals surface area (Å²) in [4.78, 5) is 12.1. The van der Waals surface area contributed by atoms with Crippen molar-refractivity contribution in [2.75, 3.05) is 13.2 Å². The fraction of sp³-hybridized carbons (Fsp3) is 0.526. The second-order valence-electron chi connectivity index (χ2n) is 5.42. The van der Waals surface area contributed by atoms with Gasteiger partial charge >= 0.3 is 5.97 Å². The van der Waals surface area contributed by atoms with Crippen LogP contribution in [-0.2, 0) is 9.53 Å². The molecule has 0 radical (unpaired) electrons. The number of benzene rings is 1. The van der Waals surface area contributed by atoms with Gasteiger partial charge in [-0.05, 0) is 18.1 Å². The maximum Gasteiger partial charge on any atom is 0.338 e. The first-order chi connectivity index (χ1) is 10.8. The fourth-order valence-electron chi connectivity index (χ4n) is 2.33. The third kappa shape index (κ3) is 7.41. The van der Waals surface area contributed by atoms with Crippen LogP contribution in [-0.4, -0.2) is 24.3 Å². The van der Waals surface area contributed by atoms with Crippen LogP contribution in [0.4, 0.5) is 0 Å². The molecule has 0 aliphatic heterocycles. The highest BCUT2D eigenvalue weighted by Crippen LogP contribution is 2.16. The Labute approximate surface area is 134 Å². The van der Waals surface area contributed by atoms with E-state index < -0.39 is 0 Å². The van der Waals surface area contributed by atoms with Gasteiger partial charge in [0.25, 0.3) is 0 Å². The van der Waals surface area contributed by atoms with Gasteiger partial charge in [-0.1, -0.05) is 75.8 Å². The predicted molar refractivity (Wildman–Crippen MR) is 90.5 cm³/mol. The van der Waals surface area contributed by atoms with E-state index in [0.29, 0.717) is 12.2 Å². The average molecular weight is 304 g/mol. The van der Waals surface area contributed by atoms with Crippen molar-refractivity contribution in [3.05, 3.63) is 42.0 Å². The first kappa shape index (κ1) is 18.4. The number of carbonyl (C=O) groups excluding carboxylic acids is 1. The summed E-state index contributed by atoms with van der Waals surface area (Å²) in [6.07, 6.45) is 9.84. The normalized spacial score (nSPS) is 11.5. The number of aliphatic hydroxyl groups excluding tert-OH is 1. The van der Waals surface area contributed by atoms with Crippen LogP contribution in [0.2, 0.25) is 0 Å². The minimum absolute atomic E-state index is 0.170. The number of hydrogen-bond donors (Lipinski definition) is 1. The molecule has 122 valence electrons. The van der Waals surface area contributed by atoms with Crippen molar-refractivity contribution in [3.63, 3.8) is 0 Å². The van der Waals surface area contributed by atoms with Crippen molar-refractivity contribution < 1.29 is 14.6 Å². The lowest BCUT2D eigenvalue weighted by Gasteiger charge is -2.08. The maximum absolute atomic E-state index is 12.1. The molecule has 0 saturated heterocycles. The molecule has 0 bridgehead atoms. The van der Waals surface area contributed by atoms with Crippen LogP contribution in [0.5, 0.6) is 0 Å². The lowest BCUT2D eigenvalue weighted by atomic mass is 10.1. The van der Waals surface area contributed by atoms with Gasteiger partial charge in [0.05, 0.1) is 18.8 Å². The smallest absolute Gasteiger partial charge is 0.338 e. The number of ether oxygens (including phenoxy) is 1. The van der Waals surface area contributed by atoms with Crippen molar-refractivity contribution in [2.24, 2.45) is 0 Å². The number of hydrogen-bond acceptors (Lipinski definition) is 3. The van der Waals surface area contributed by atoms with Gasteiger partial charge in [0.15, 0.2) is 0 Å². The van der Waals surface area contributed by atoms with Gasteiger partial charge in [-0.25, -0.2) is 4.79 Å². The van der Waals surface area contributed by atoms with Crippen LogP contribution in [0.15, 0.2) is 36.4 Å². The van der Waals surface area contributed by atoms with E-state index in [-0.39, 0.29) is 12.6 Å². The number of rotatable bonds is 11. The highest BCUT2D eigenvalue weighted by Gasteiger charge is 2.12. The Balaban J connectivity index is 2.29. The molecule has 1 aromatic rings. The van der Waals surface area contributed by atoms with Crippen LogP contribution in [0.1, 0.15) is 57.4 Å². The third-order valence-corrected chi connectivity index (χ3v) is 3.58. The Bertz CT molecular complexity index is 437. The Morgan fingerprint density at radius 1 is 1.05 bits per heavy atom. The summed E-state index contributed by atoms with van der Waals surface area (Å²) in [5.74, 6) is -0.355. The lowest BCUT2D eigenvalue weighted by Crippen LogP contribution is -2.09. The van der Waals surface area contributed by atoms with E-state index in [1.807, 2.05) is 30.3 Å². The van der Waals surface area contributed by atoms with Crippen molar-refractivity contribution in [3.8, 4) is 0 Å². The van der Waals surface area contributed by atoms with E-state index in [4.69, 9.17) is 9.84 Å². The van der Waals surface area contributed by atoms with Gasteiger partial charge in [0, 0.05) is 0 Å². The summed E-state index contributed by atoms with van der Waals surface area (Å²) < 4.78 is 5.32. The largest absolute Gasteiger partial charge is 0.462 e. The molecule has 0 aliphatic rings. The molecule has 0 aromatic heterocycles. The third-order valence-electron chi connectivity index (χ3n) is 3.58. The van der Waals surface area contributed by atoms with Gasteiger partial charge in [-0.15, -0.1) is 0 Å². The summed E-state index contributed by atoms with van der Waals surface area (Å²) >= 11 is 0. The second kappa shape index (κ2) is 12.0. The van der Waals surface area contributed by atoms with E-state index >= 15 is 0 Å². The SMILES string of the molecule is CCCCCCCCCOC(=O)C(=CCO)c1ccccc1. The minimum atomic E-state index is -0.355. The van der Waals surface area contributed by atoms with Crippen molar-refractivity contribution in [1.82, 2.24) is 0 Å². The zero-order valence-corrected chi connectivity index (χ0v) is 13.6. The lowest BCUT2D eigenvalue weighted by molar-refractivity contribution is -0.136. The summed E-state index contributed by atoms with van der Waals surface area (Å²) in [7, 11) is 0. The van der Waals surface area contributed by atoms with Crippen LogP contribution in [0.25, 0.3) is 5.57 Å². The zero-order valence-electron chi connectivity index (χ0n) is 13.6. The first-order valence-corrected chi connectivity index (χ1v) is 8.33. The Morgan fingerprint density at radius 3 is 2.32 bits per heavy atom. The highest BCUT2D eigenvalue weighted by molar-refractivity contribution is 6.16. The molecule has 0 heterocycles. The molecule has 0 unspecified atom stereocenters. The van der Waals surface area contributed by atoms with Gasteiger partial charge in [0.1, 0.15) is 0 Å². The molecule has 0 atom stereocenters. The molecule has 1 aromatic carbocycles. The quantitative estimate of drug-likeness (QED) is 0.375. The zero-order chi connectivity index (χ0) is 16.0. The van der Waals surface area contributed by atoms with Crippen molar-refractivity contribution in [2.45, 2.75) is 51.9 Å². The Hall–Kier alpha value is -1.61. The summed E-state index contributed by atoms with van der Waals surface area (Å²) in [6, 6.07) is 9.31.